The van der Waals surface area contributed by atoms with E-state index in [4.69, 9.17) is 5.11 Å². The number of rotatable bonds is 6. The first-order valence-corrected chi connectivity index (χ1v) is 10.9. The molecule has 0 saturated heterocycles. The molecule has 0 saturated carbocycles. The zero-order valence-corrected chi connectivity index (χ0v) is 18.3. The third kappa shape index (κ3) is 4.44. The van der Waals surface area contributed by atoms with Crippen molar-refractivity contribution in [3.63, 3.8) is 0 Å². The fourth-order valence-corrected chi connectivity index (χ4v) is 5.03. The fourth-order valence-electron chi connectivity index (χ4n) is 3.06. The maximum absolute atomic E-state index is 12.7. The van der Waals surface area contributed by atoms with Crippen molar-refractivity contribution >= 4 is 52.1 Å². The van der Waals surface area contributed by atoms with Gasteiger partial charge >= 0.3 is 12.0 Å². The first-order valence-electron chi connectivity index (χ1n) is 9.13. The number of carbonyl (C=O) groups is 4. The lowest BCUT2D eigenvalue weighted by Crippen LogP contribution is -2.54. The van der Waals surface area contributed by atoms with Crippen LogP contribution >= 0.6 is 22.7 Å². The molecule has 2 aromatic rings. The lowest BCUT2D eigenvalue weighted by Gasteiger charge is -2.27. The van der Waals surface area contributed by atoms with Gasteiger partial charge in [0.15, 0.2) is 11.8 Å². The molecule has 3 amide bonds. The molecule has 3 N–H and O–H groups in total. The van der Waals surface area contributed by atoms with Crippen LogP contribution in [-0.2, 0) is 20.8 Å². The summed E-state index contributed by atoms with van der Waals surface area (Å²) in [6, 6.07) is -0.0459. The Kier molecular flexibility index (Phi) is 6.37. The average Bonchev–Trinajstić information content (AvgIpc) is 3.31. The fraction of sp³-hybridized carbons (Fsp3) is 0.300. The maximum Gasteiger partial charge on any atom is 0.320 e. The molecule has 2 aromatic heterocycles. The number of carboxylic acids is 1. The summed E-state index contributed by atoms with van der Waals surface area (Å²) < 4.78 is 0. The summed E-state index contributed by atoms with van der Waals surface area (Å²) in [4.78, 5) is 51.2. The smallest absolute Gasteiger partial charge is 0.320 e. The summed E-state index contributed by atoms with van der Waals surface area (Å²) in [5.41, 5.74) is 2.74. The predicted molar refractivity (Wildman–Crippen MR) is 116 cm³/mol. The summed E-state index contributed by atoms with van der Waals surface area (Å²) in [5, 5.41) is 18.1. The van der Waals surface area contributed by atoms with Crippen LogP contribution in [0, 0.1) is 6.92 Å². The minimum absolute atomic E-state index is 0.0147. The van der Waals surface area contributed by atoms with Crippen LogP contribution in [0.15, 0.2) is 28.6 Å². The van der Waals surface area contributed by atoms with Gasteiger partial charge in [-0.1, -0.05) is 0 Å². The number of nitrogens with zero attached hydrogens (tertiary/aromatic N) is 1. The van der Waals surface area contributed by atoms with Crippen LogP contribution < -0.4 is 10.6 Å². The van der Waals surface area contributed by atoms with Gasteiger partial charge in [-0.3, -0.25) is 14.4 Å². The van der Waals surface area contributed by atoms with Crippen LogP contribution in [-0.4, -0.2) is 46.8 Å². The van der Waals surface area contributed by atoms with Gasteiger partial charge < -0.3 is 20.6 Å². The molecular weight excluding hydrogens is 426 g/mol. The molecule has 0 spiro atoms. The SMILES string of the molecule is CC1=CC(=O)C(NC(=O)Nc2c(-c3ccsc3)sc(CCC(=O)O)c2C)C(=O)N1C. The quantitative estimate of drug-likeness (QED) is 0.588. The standard InChI is InChI=1S/C20H21N3O5S2/c1-10-8-13(24)17(19(27)23(10)3)22-20(28)21-16-11(2)14(4-5-15(25)26)30-18(16)12-6-7-29-9-12/h6-9,17H,4-5H2,1-3H3,(H,25,26)(H2,21,22,28). The van der Waals surface area contributed by atoms with Crippen LogP contribution in [0.4, 0.5) is 10.5 Å². The number of hydrogen-bond acceptors (Lipinski definition) is 6. The molecule has 3 rings (SSSR count). The van der Waals surface area contributed by atoms with Crippen molar-refractivity contribution in [2.75, 3.05) is 12.4 Å². The Balaban J connectivity index is 1.84. The molecule has 0 fully saturated rings. The van der Waals surface area contributed by atoms with E-state index in [1.807, 2.05) is 23.8 Å². The average molecular weight is 448 g/mol. The van der Waals surface area contributed by atoms with Crippen molar-refractivity contribution in [1.29, 1.82) is 0 Å². The number of anilines is 1. The van der Waals surface area contributed by atoms with E-state index in [9.17, 15) is 19.2 Å². The molecule has 0 aromatic carbocycles. The van der Waals surface area contributed by atoms with E-state index in [2.05, 4.69) is 10.6 Å². The Labute approximate surface area is 181 Å². The topological polar surface area (TPSA) is 116 Å². The van der Waals surface area contributed by atoms with Gasteiger partial charge in [-0.15, -0.1) is 11.3 Å². The van der Waals surface area contributed by atoms with Crippen molar-refractivity contribution in [3.05, 3.63) is 39.0 Å². The Bertz CT molecular complexity index is 1040. The van der Waals surface area contributed by atoms with Gasteiger partial charge in [-0.25, -0.2) is 4.79 Å². The van der Waals surface area contributed by atoms with Crippen LogP contribution in [0.1, 0.15) is 23.8 Å². The molecule has 0 aliphatic carbocycles. The van der Waals surface area contributed by atoms with E-state index in [1.165, 1.54) is 33.6 Å². The second-order valence-electron chi connectivity index (χ2n) is 6.88. The zero-order valence-electron chi connectivity index (χ0n) is 16.6. The molecular formula is C20H21N3O5S2. The largest absolute Gasteiger partial charge is 0.481 e. The number of aliphatic carboxylic acids is 1. The normalized spacial score (nSPS) is 16.4. The van der Waals surface area contributed by atoms with E-state index in [0.29, 0.717) is 17.8 Å². The summed E-state index contributed by atoms with van der Waals surface area (Å²) in [6.45, 7) is 3.46. The number of likely N-dealkylation sites (N-methyl/N-ethyl adjacent to an activating group) is 1. The highest BCUT2D eigenvalue weighted by atomic mass is 32.1. The number of carbonyl (C=O) groups excluding carboxylic acids is 3. The zero-order chi connectivity index (χ0) is 22.0. The molecule has 30 heavy (non-hydrogen) atoms. The van der Waals surface area contributed by atoms with Gasteiger partial charge in [0, 0.05) is 29.3 Å². The Morgan fingerprint density at radius 2 is 2.00 bits per heavy atom. The van der Waals surface area contributed by atoms with E-state index >= 15 is 0 Å². The van der Waals surface area contributed by atoms with Crippen molar-refractivity contribution < 1.29 is 24.3 Å². The van der Waals surface area contributed by atoms with E-state index in [1.54, 1.807) is 14.0 Å². The van der Waals surface area contributed by atoms with Gasteiger partial charge in [0.05, 0.1) is 17.0 Å². The summed E-state index contributed by atoms with van der Waals surface area (Å²) >= 11 is 2.93. The number of aryl methyl sites for hydroxylation is 1. The van der Waals surface area contributed by atoms with Crippen LogP contribution in [0.25, 0.3) is 10.4 Å². The van der Waals surface area contributed by atoms with Gasteiger partial charge in [-0.05, 0) is 42.7 Å². The third-order valence-electron chi connectivity index (χ3n) is 4.85. The molecule has 1 aliphatic rings. The van der Waals surface area contributed by atoms with Gasteiger partial charge in [0.25, 0.3) is 5.91 Å². The molecule has 1 aliphatic heterocycles. The summed E-state index contributed by atoms with van der Waals surface area (Å²) in [7, 11) is 1.54. The first kappa shape index (κ1) is 21.7. The molecule has 0 bridgehead atoms. The highest BCUT2D eigenvalue weighted by Crippen LogP contribution is 2.42. The maximum atomic E-state index is 12.7. The molecule has 158 valence electrons. The third-order valence-corrected chi connectivity index (χ3v) is 6.93. The minimum Gasteiger partial charge on any atom is -0.481 e. The van der Waals surface area contributed by atoms with Crippen molar-refractivity contribution in [2.45, 2.75) is 32.7 Å². The van der Waals surface area contributed by atoms with Gasteiger partial charge in [-0.2, -0.15) is 11.3 Å². The van der Waals surface area contributed by atoms with Crippen LogP contribution in [0.5, 0.6) is 0 Å². The van der Waals surface area contributed by atoms with Crippen LogP contribution in [0.3, 0.4) is 0 Å². The summed E-state index contributed by atoms with van der Waals surface area (Å²) in [6.07, 6.45) is 1.66. The highest BCUT2D eigenvalue weighted by Gasteiger charge is 2.34. The van der Waals surface area contributed by atoms with Crippen molar-refractivity contribution in [3.8, 4) is 10.4 Å². The van der Waals surface area contributed by atoms with Gasteiger partial charge in [0.2, 0.25) is 0 Å². The van der Waals surface area contributed by atoms with E-state index in [0.717, 1.165) is 20.9 Å². The number of ketones is 1. The van der Waals surface area contributed by atoms with Gasteiger partial charge in [0.1, 0.15) is 0 Å². The van der Waals surface area contributed by atoms with Crippen LogP contribution in [0.2, 0.25) is 0 Å². The molecule has 1 unspecified atom stereocenters. The van der Waals surface area contributed by atoms with Crippen molar-refractivity contribution in [1.82, 2.24) is 10.2 Å². The Hall–Kier alpha value is -2.98. The number of hydrogen-bond donors (Lipinski definition) is 3. The Morgan fingerprint density at radius 1 is 1.27 bits per heavy atom. The Morgan fingerprint density at radius 3 is 2.63 bits per heavy atom. The molecule has 8 nitrogen and oxygen atoms in total. The molecule has 0 radical (unpaired) electrons. The number of thiophene rings is 2. The highest BCUT2D eigenvalue weighted by molar-refractivity contribution is 7.17. The molecule has 3 heterocycles. The lowest BCUT2D eigenvalue weighted by molar-refractivity contribution is -0.137. The number of urea groups is 1. The number of allylic oxidation sites excluding steroid dienone is 1. The second-order valence-corrected chi connectivity index (χ2v) is 8.76. The lowest BCUT2D eigenvalue weighted by atomic mass is 10.1. The van der Waals surface area contributed by atoms with E-state index in [-0.39, 0.29) is 6.42 Å². The second kappa shape index (κ2) is 8.80. The minimum atomic E-state index is -1.28. The molecule has 10 heteroatoms. The number of amides is 3. The monoisotopic (exact) mass is 447 g/mol. The molecule has 1 atom stereocenters. The number of nitrogens with one attached hydrogen (secondary N) is 2. The number of carboxylic acid groups (broad SMARTS) is 1. The summed E-state index contributed by atoms with van der Waals surface area (Å²) in [5.74, 6) is -1.88. The van der Waals surface area contributed by atoms with Crippen molar-refractivity contribution in [2.24, 2.45) is 0 Å². The van der Waals surface area contributed by atoms with E-state index < -0.39 is 29.7 Å². The predicted octanol–water partition coefficient (Wildman–Crippen LogP) is 3.24. The first-order chi connectivity index (χ1) is 14.2.